The second-order valence-corrected chi connectivity index (χ2v) is 5.10. The van der Waals surface area contributed by atoms with Gasteiger partial charge in [-0.15, -0.1) is 13.2 Å². The topological polar surface area (TPSA) is 40.5 Å². The van der Waals surface area contributed by atoms with Gasteiger partial charge in [-0.25, -0.2) is 4.79 Å². The van der Waals surface area contributed by atoms with Crippen LogP contribution in [0.1, 0.15) is 6.42 Å². The maximum absolute atomic E-state index is 11.2. The summed E-state index contributed by atoms with van der Waals surface area (Å²) >= 11 is 0. The van der Waals surface area contributed by atoms with Crippen molar-refractivity contribution in [2.75, 3.05) is 40.8 Å². The van der Waals surface area contributed by atoms with Gasteiger partial charge in [0.25, 0.3) is 0 Å². The van der Waals surface area contributed by atoms with E-state index in [2.05, 4.69) is 18.1 Å². The smallest absolute Gasteiger partial charge is 0.362 e. The molecular weight excluding hydrogens is 216 g/mol. The molecule has 0 fully saturated rings. The molecule has 17 heavy (non-hydrogen) atoms. The average Bonchev–Trinajstić information content (AvgIpc) is 2.15. The van der Waals surface area contributed by atoms with E-state index in [-0.39, 0.29) is 6.04 Å². The van der Waals surface area contributed by atoms with Gasteiger partial charge in [0.2, 0.25) is 0 Å². The summed E-state index contributed by atoms with van der Waals surface area (Å²) in [6, 6.07) is -0.382. The van der Waals surface area contributed by atoms with Crippen molar-refractivity contribution in [1.29, 1.82) is 0 Å². The number of rotatable bonds is 9. The summed E-state index contributed by atoms with van der Waals surface area (Å²) in [7, 11) is 5.72. The lowest BCUT2D eigenvalue weighted by Gasteiger charge is -2.32. The molecule has 0 aromatic carbocycles. The highest BCUT2D eigenvalue weighted by Gasteiger charge is 2.31. The molecule has 4 heteroatoms. The van der Waals surface area contributed by atoms with Crippen LogP contribution < -0.4 is 0 Å². The molecular formula is C13H25N2O2+. The molecule has 0 saturated carbocycles. The molecule has 0 bridgehead atoms. The maximum Gasteiger partial charge on any atom is 0.362 e. The highest BCUT2D eigenvalue weighted by Crippen LogP contribution is 2.09. The van der Waals surface area contributed by atoms with Gasteiger partial charge in [-0.3, -0.25) is 4.90 Å². The zero-order valence-corrected chi connectivity index (χ0v) is 11.2. The van der Waals surface area contributed by atoms with E-state index in [1.807, 2.05) is 33.3 Å². The fourth-order valence-electron chi connectivity index (χ4n) is 1.77. The Morgan fingerprint density at radius 1 is 1.29 bits per heavy atom. The van der Waals surface area contributed by atoms with E-state index in [9.17, 15) is 9.90 Å². The molecule has 0 spiro atoms. The van der Waals surface area contributed by atoms with Crippen molar-refractivity contribution in [3.8, 4) is 0 Å². The van der Waals surface area contributed by atoms with Gasteiger partial charge in [0.1, 0.15) is 0 Å². The first-order valence-corrected chi connectivity index (χ1v) is 5.81. The molecule has 1 N–H and O–H groups in total. The molecule has 1 unspecified atom stereocenters. The summed E-state index contributed by atoms with van der Waals surface area (Å²) in [5.41, 5.74) is 0. The van der Waals surface area contributed by atoms with E-state index in [1.54, 1.807) is 0 Å². The van der Waals surface area contributed by atoms with Crippen LogP contribution in [0.4, 0.5) is 0 Å². The summed E-state index contributed by atoms with van der Waals surface area (Å²) in [6.45, 7) is 9.65. The lowest BCUT2D eigenvalue weighted by Crippen LogP contribution is -2.51. The number of carboxylic acid groups (broad SMARTS) is 1. The molecule has 0 heterocycles. The predicted octanol–water partition coefficient (Wildman–Crippen LogP) is 1.21. The van der Waals surface area contributed by atoms with Crippen molar-refractivity contribution in [3.05, 3.63) is 25.3 Å². The molecule has 4 nitrogen and oxygen atoms in total. The molecule has 0 aromatic heterocycles. The Labute approximate surface area is 104 Å². The van der Waals surface area contributed by atoms with Gasteiger partial charge in [-0.1, -0.05) is 12.2 Å². The zero-order valence-electron chi connectivity index (χ0n) is 11.2. The minimum absolute atomic E-state index is 0.382. The number of quaternary nitrogens is 1. The quantitative estimate of drug-likeness (QED) is 0.487. The van der Waals surface area contributed by atoms with Crippen LogP contribution in [0.15, 0.2) is 25.3 Å². The van der Waals surface area contributed by atoms with E-state index in [1.165, 1.54) is 0 Å². The highest BCUT2D eigenvalue weighted by atomic mass is 16.4. The Balaban J connectivity index is 4.41. The third kappa shape index (κ3) is 6.24. The van der Waals surface area contributed by atoms with E-state index >= 15 is 0 Å². The van der Waals surface area contributed by atoms with E-state index in [0.29, 0.717) is 10.9 Å². The third-order valence-corrected chi connectivity index (χ3v) is 2.71. The summed E-state index contributed by atoms with van der Waals surface area (Å²) < 4.78 is 0.436. The summed E-state index contributed by atoms with van der Waals surface area (Å²) in [4.78, 5) is 13.3. The first kappa shape index (κ1) is 15.9. The number of hydrogen-bond acceptors (Lipinski definition) is 2. The highest BCUT2D eigenvalue weighted by molar-refractivity contribution is 5.72. The lowest BCUT2D eigenvalue weighted by atomic mass is 10.1. The molecule has 0 saturated heterocycles. The third-order valence-electron chi connectivity index (χ3n) is 2.71. The fourth-order valence-corrected chi connectivity index (χ4v) is 1.77. The van der Waals surface area contributed by atoms with Gasteiger partial charge in [-0.05, 0) is 0 Å². The first-order chi connectivity index (χ1) is 7.82. The van der Waals surface area contributed by atoms with Crippen LogP contribution in [-0.4, -0.2) is 67.3 Å². The van der Waals surface area contributed by atoms with Crippen molar-refractivity contribution < 1.29 is 14.4 Å². The Morgan fingerprint density at radius 3 is 2.06 bits per heavy atom. The van der Waals surface area contributed by atoms with Crippen LogP contribution in [0.25, 0.3) is 0 Å². The zero-order chi connectivity index (χ0) is 13.5. The molecule has 0 radical (unpaired) electrons. The van der Waals surface area contributed by atoms with Gasteiger partial charge in [-0.2, -0.15) is 0 Å². The predicted molar refractivity (Wildman–Crippen MR) is 70.9 cm³/mol. The number of aliphatic carboxylic acids is 1. The number of hydrogen-bond donors (Lipinski definition) is 1. The van der Waals surface area contributed by atoms with Crippen LogP contribution in [0, 0.1) is 0 Å². The average molecular weight is 241 g/mol. The molecule has 1 atom stereocenters. The first-order valence-electron chi connectivity index (χ1n) is 5.81. The molecule has 0 aliphatic carbocycles. The summed E-state index contributed by atoms with van der Waals surface area (Å²) in [6.07, 6.45) is 4.27. The number of carboxylic acids is 1. The van der Waals surface area contributed by atoms with E-state index in [4.69, 9.17) is 0 Å². The maximum atomic E-state index is 11.2. The van der Waals surface area contributed by atoms with Gasteiger partial charge < -0.3 is 9.59 Å². The van der Waals surface area contributed by atoms with Crippen LogP contribution >= 0.6 is 0 Å². The van der Waals surface area contributed by atoms with Gasteiger partial charge in [0, 0.05) is 26.1 Å². The fraction of sp³-hybridized carbons (Fsp3) is 0.615. The molecule has 98 valence electrons. The lowest BCUT2D eigenvalue weighted by molar-refractivity contribution is -0.887. The van der Waals surface area contributed by atoms with Crippen LogP contribution in [0.2, 0.25) is 0 Å². The van der Waals surface area contributed by atoms with E-state index in [0.717, 1.165) is 19.6 Å². The normalized spacial score (nSPS) is 13.4. The SMILES string of the molecule is C=CCN(CC=C)CCC(C(=O)O)[N+](C)(C)C. The molecule has 0 rings (SSSR count). The van der Waals surface area contributed by atoms with Crippen LogP contribution in [0.3, 0.4) is 0 Å². The van der Waals surface area contributed by atoms with Crippen LogP contribution in [-0.2, 0) is 4.79 Å². The second-order valence-electron chi connectivity index (χ2n) is 5.10. The monoisotopic (exact) mass is 241 g/mol. The molecule has 0 aliphatic heterocycles. The van der Waals surface area contributed by atoms with Gasteiger partial charge in [0.05, 0.1) is 21.1 Å². The van der Waals surface area contributed by atoms with Crippen molar-refractivity contribution in [3.63, 3.8) is 0 Å². The Hall–Kier alpha value is -1.13. The summed E-state index contributed by atoms with van der Waals surface area (Å²) in [5.74, 6) is -0.741. The van der Waals surface area contributed by atoms with Crippen molar-refractivity contribution >= 4 is 5.97 Å². The Kier molecular flexibility index (Phi) is 6.76. The number of likely N-dealkylation sites (N-methyl/N-ethyl adjacent to an activating group) is 1. The number of nitrogens with zero attached hydrogens (tertiary/aromatic N) is 2. The van der Waals surface area contributed by atoms with Crippen molar-refractivity contribution in [2.45, 2.75) is 12.5 Å². The molecule has 0 amide bonds. The Morgan fingerprint density at radius 2 is 1.76 bits per heavy atom. The number of carbonyl (C=O) groups is 1. The Bertz CT molecular complexity index is 259. The minimum atomic E-state index is -0.741. The van der Waals surface area contributed by atoms with Crippen molar-refractivity contribution in [1.82, 2.24) is 4.90 Å². The van der Waals surface area contributed by atoms with Crippen molar-refractivity contribution in [2.24, 2.45) is 0 Å². The summed E-state index contributed by atoms with van der Waals surface area (Å²) in [5, 5.41) is 9.21. The largest absolute Gasteiger partial charge is 0.477 e. The van der Waals surface area contributed by atoms with Gasteiger partial charge in [0.15, 0.2) is 6.04 Å². The molecule has 0 aliphatic rings. The second kappa shape index (κ2) is 7.25. The minimum Gasteiger partial charge on any atom is -0.477 e. The van der Waals surface area contributed by atoms with Crippen LogP contribution in [0.5, 0.6) is 0 Å². The van der Waals surface area contributed by atoms with E-state index < -0.39 is 5.97 Å². The molecule has 0 aromatic rings. The van der Waals surface area contributed by atoms with Gasteiger partial charge >= 0.3 is 5.97 Å². The standard InChI is InChI=1S/C13H24N2O2/c1-6-9-14(10-7-2)11-8-12(13(16)17)15(3,4)5/h6-7,12H,1-2,8-11H2,3-5H3/p+1.